The van der Waals surface area contributed by atoms with Gasteiger partial charge >= 0.3 is 5.97 Å². The van der Waals surface area contributed by atoms with Crippen LogP contribution in [0.4, 0.5) is 5.82 Å². The molecular weight excluding hydrogens is 462 g/mol. The second-order valence-electron chi connectivity index (χ2n) is 9.86. The summed E-state index contributed by atoms with van der Waals surface area (Å²) in [6.07, 6.45) is 8.95. The van der Waals surface area contributed by atoms with E-state index in [-0.39, 0.29) is 24.9 Å². The van der Waals surface area contributed by atoms with Crippen LogP contribution in [0.3, 0.4) is 0 Å². The summed E-state index contributed by atoms with van der Waals surface area (Å²) >= 11 is 0. The highest BCUT2D eigenvalue weighted by Crippen LogP contribution is 2.40. The molecule has 1 saturated carbocycles. The van der Waals surface area contributed by atoms with Gasteiger partial charge in [-0.2, -0.15) is 10.4 Å². The van der Waals surface area contributed by atoms with Crippen molar-refractivity contribution in [3.05, 3.63) is 24.2 Å². The van der Waals surface area contributed by atoms with E-state index in [4.69, 9.17) is 9.47 Å². The van der Waals surface area contributed by atoms with E-state index in [0.717, 1.165) is 38.5 Å². The maximum atomic E-state index is 12.4. The van der Waals surface area contributed by atoms with E-state index >= 15 is 0 Å². The Kier molecular flexibility index (Phi) is 8.54. The van der Waals surface area contributed by atoms with E-state index < -0.39 is 17.8 Å². The fourth-order valence-electron chi connectivity index (χ4n) is 5.19. The van der Waals surface area contributed by atoms with Crippen molar-refractivity contribution >= 4 is 23.2 Å². The van der Waals surface area contributed by atoms with Crippen molar-refractivity contribution in [2.75, 3.05) is 11.9 Å². The third-order valence-corrected chi connectivity index (χ3v) is 7.18. The summed E-state index contributed by atoms with van der Waals surface area (Å²) in [6, 6.07) is 5.44. The predicted octanol–water partition coefficient (Wildman–Crippen LogP) is 3.63. The molecule has 1 amide bonds. The Morgan fingerprint density at radius 3 is 2.81 bits per heavy atom. The van der Waals surface area contributed by atoms with Gasteiger partial charge in [-0.15, -0.1) is 0 Å². The SMILES string of the molecule is CCCCC(=O)Nc1ncnn2c([C@]3(C#N)O[C@@H](COC(=O)CC4CCCCCC4)C[C@H]3O)ccc12. The highest BCUT2D eigenvalue weighted by Gasteiger charge is 2.52. The zero-order valence-corrected chi connectivity index (χ0v) is 20.8. The summed E-state index contributed by atoms with van der Waals surface area (Å²) < 4.78 is 13.0. The minimum Gasteiger partial charge on any atom is -0.463 e. The fraction of sp³-hybridized carbons (Fsp3) is 0.654. The first-order valence-electron chi connectivity index (χ1n) is 13.0. The lowest BCUT2D eigenvalue weighted by molar-refractivity contribution is -0.150. The van der Waals surface area contributed by atoms with Crippen LogP contribution in [0, 0.1) is 17.2 Å². The molecule has 0 unspecified atom stereocenters. The number of carbonyl (C=O) groups is 2. The molecule has 194 valence electrons. The molecule has 1 saturated heterocycles. The molecule has 36 heavy (non-hydrogen) atoms. The van der Waals surface area contributed by atoms with Crippen LogP contribution in [0.1, 0.15) is 83.2 Å². The van der Waals surface area contributed by atoms with Crippen molar-refractivity contribution in [3.63, 3.8) is 0 Å². The van der Waals surface area contributed by atoms with Gasteiger partial charge in [0, 0.05) is 19.3 Å². The first kappa shape index (κ1) is 26.0. The van der Waals surface area contributed by atoms with Crippen molar-refractivity contribution in [2.45, 2.75) is 95.4 Å². The number of nitriles is 1. The average molecular weight is 498 g/mol. The molecule has 2 aromatic heterocycles. The fourth-order valence-corrected chi connectivity index (χ4v) is 5.19. The number of nitrogens with one attached hydrogen (secondary N) is 1. The maximum Gasteiger partial charge on any atom is 0.306 e. The Bertz CT molecular complexity index is 1100. The molecule has 1 aliphatic heterocycles. The first-order chi connectivity index (χ1) is 17.5. The summed E-state index contributed by atoms with van der Waals surface area (Å²) in [7, 11) is 0. The molecule has 2 fully saturated rings. The lowest BCUT2D eigenvalue weighted by atomic mass is 9.94. The zero-order chi connectivity index (χ0) is 25.5. The van der Waals surface area contributed by atoms with E-state index in [9.17, 15) is 20.0 Å². The number of carbonyl (C=O) groups excluding carboxylic acids is 2. The zero-order valence-electron chi connectivity index (χ0n) is 20.8. The molecule has 0 radical (unpaired) electrons. The smallest absolute Gasteiger partial charge is 0.306 e. The van der Waals surface area contributed by atoms with Gasteiger partial charge in [0.2, 0.25) is 11.5 Å². The van der Waals surface area contributed by atoms with Crippen molar-refractivity contribution in [1.29, 1.82) is 5.26 Å². The van der Waals surface area contributed by atoms with Crippen LogP contribution in [0.15, 0.2) is 18.5 Å². The van der Waals surface area contributed by atoms with E-state index in [0.29, 0.717) is 35.8 Å². The lowest BCUT2D eigenvalue weighted by Crippen LogP contribution is -2.36. The number of anilines is 1. The van der Waals surface area contributed by atoms with E-state index in [1.165, 1.54) is 23.7 Å². The first-order valence-corrected chi connectivity index (χ1v) is 13.0. The number of aliphatic hydroxyl groups is 1. The van der Waals surface area contributed by atoms with Crippen molar-refractivity contribution in [3.8, 4) is 6.07 Å². The highest BCUT2D eigenvalue weighted by molar-refractivity contribution is 5.93. The highest BCUT2D eigenvalue weighted by atomic mass is 16.6. The second kappa shape index (κ2) is 11.8. The number of aliphatic hydroxyl groups excluding tert-OH is 1. The molecule has 10 heteroatoms. The van der Waals surface area contributed by atoms with E-state index in [1.54, 1.807) is 12.1 Å². The van der Waals surface area contributed by atoms with Gasteiger partial charge in [-0.3, -0.25) is 9.59 Å². The minimum absolute atomic E-state index is 0.0247. The van der Waals surface area contributed by atoms with Crippen molar-refractivity contribution in [2.24, 2.45) is 5.92 Å². The molecule has 2 aromatic rings. The van der Waals surface area contributed by atoms with Gasteiger partial charge in [-0.1, -0.05) is 39.0 Å². The van der Waals surface area contributed by atoms with E-state index in [2.05, 4.69) is 21.5 Å². The molecular formula is C26H35N5O5. The summed E-state index contributed by atoms with van der Waals surface area (Å²) in [5, 5.41) is 28.0. The van der Waals surface area contributed by atoms with E-state index in [1.807, 2.05) is 6.92 Å². The Morgan fingerprint density at radius 1 is 1.31 bits per heavy atom. The normalized spacial score (nSPS) is 24.8. The van der Waals surface area contributed by atoms with Crippen molar-refractivity contribution < 1.29 is 24.2 Å². The van der Waals surface area contributed by atoms with Gasteiger partial charge in [-0.05, 0) is 37.3 Å². The Labute approximate surface area is 211 Å². The largest absolute Gasteiger partial charge is 0.463 e. The number of rotatable bonds is 9. The van der Waals surface area contributed by atoms with Gasteiger partial charge in [0.05, 0.1) is 11.8 Å². The van der Waals surface area contributed by atoms with Crippen LogP contribution in [0.5, 0.6) is 0 Å². The number of amides is 1. The van der Waals surface area contributed by atoms with Crippen molar-refractivity contribution in [1.82, 2.24) is 14.6 Å². The van der Waals surface area contributed by atoms with Gasteiger partial charge in [0.15, 0.2) is 5.82 Å². The molecule has 2 N–H and O–H groups in total. The number of nitrogens with zero attached hydrogens (tertiary/aromatic N) is 4. The lowest BCUT2D eigenvalue weighted by Gasteiger charge is -2.24. The number of esters is 1. The number of hydrogen-bond donors (Lipinski definition) is 2. The number of fused-ring (bicyclic) bond motifs is 1. The summed E-state index contributed by atoms with van der Waals surface area (Å²) in [5.41, 5.74) is -0.880. The maximum absolute atomic E-state index is 12.4. The van der Waals surface area contributed by atoms with Gasteiger partial charge in [-0.25, -0.2) is 9.50 Å². The molecule has 0 bridgehead atoms. The topological polar surface area (TPSA) is 139 Å². The van der Waals surface area contributed by atoms with Crippen LogP contribution < -0.4 is 5.32 Å². The minimum atomic E-state index is -1.69. The molecule has 10 nitrogen and oxygen atoms in total. The van der Waals surface area contributed by atoms with Crippen LogP contribution in [0.25, 0.3) is 5.52 Å². The third kappa shape index (κ3) is 5.68. The van der Waals surface area contributed by atoms with Gasteiger partial charge < -0.3 is 19.9 Å². The molecule has 0 spiro atoms. The predicted molar refractivity (Wildman–Crippen MR) is 131 cm³/mol. The Balaban J connectivity index is 1.44. The molecule has 1 aliphatic carbocycles. The number of unbranched alkanes of at least 4 members (excludes halogenated alkanes) is 1. The molecule has 2 aliphatic rings. The van der Waals surface area contributed by atoms with Gasteiger partial charge in [0.1, 0.15) is 30.6 Å². The second-order valence-corrected chi connectivity index (χ2v) is 9.86. The molecule has 3 atom stereocenters. The number of ether oxygens (including phenoxy) is 2. The molecule has 0 aromatic carbocycles. The van der Waals surface area contributed by atoms with Crippen LogP contribution in [0.2, 0.25) is 0 Å². The number of aromatic nitrogens is 3. The molecule has 3 heterocycles. The molecule has 4 rings (SSSR count). The summed E-state index contributed by atoms with van der Waals surface area (Å²) in [5.74, 6) is 0.260. The Morgan fingerprint density at radius 2 is 2.08 bits per heavy atom. The summed E-state index contributed by atoms with van der Waals surface area (Å²) in [6.45, 7) is 1.99. The quantitative estimate of drug-likeness (QED) is 0.395. The average Bonchev–Trinajstić information content (AvgIpc) is 3.34. The summed E-state index contributed by atoms with van der Waals surface area (Å²) in [4.78, 5) is 28.8. The van der Waals surface area contributed by atoms with Crippen LogP contribution in [-0.2, 0) is 24.7 Å². The number of hydrogen-bond acceptors (Lipinski definition) is 8. The van der Waals surface area contributed by atoms with Gasteiger partial charge in [0.25, 0.3) is 0 Å². The standard InChI is InChI=1S/C26H35N5O5/c1-2-3-10-23(33)30-25-20-11-12-21(31(20)29-17-28-25)26(16-27)22(32)14-19(36-26)15-35-24(34)13-18-8-6-4-5-7-9-18/h11-12,17-19,22,32H,2-10,13-15H2,1H3,(H,28,29,30,33)/t19-,22-,26+/m1/s1. The van der Waals surface area contributed by atoms with Crippen LogP contribution in [-0.4, -0.2) is 50.4 Å². The van der Waals surface area contributed by atoms with Crippen LogP contribution >= 0.6 is 0 Å². The monoisotopic (exact) mass is 497 g/mol. The third-order valence-electron chi connectivity index (χ3n) is 7.18. The Hall–Kier alpha value is -3.03.